The van der Waals surface area contributed by atoms with Crippen LogP contribution in [0.3, 0.4) is 0 Å². The third kappa shape index (κ3) is 8.33. The molecule has 4 aromatic rings. The van der Waals surface area contributed by atoms with Gasteiger partial charge in [0.1, 0.15) is 24.7 Å². The fourth-order valence-corrected chi connectivity index (χ4v) is 5.32. The topological polar surface area (TPSA) is 100 Å². The summed E-state index contributed by atoms with van der Waals surface area (Å²) in [6.07, 6.45) is -0.815. The molecule has 0 aliphatic carbocycles. The average Bonchev–Trinajstić information content (AvgIpc) is 3.06. The lowest BCUT2D eigenvalue weighted by atomic mass is 9.79. The van der Waals surface area contributed by atoms with Crippen LogP contribution in [0, 0.1) is 5.41 Å². The zero-order valence-electron chi connectivity index (χ0n) is 24.5. The molecule has 0 fully saturated rings. The summed E-state index contributed by atoms with van der Waals surface area (Å²) in [5.74, 6) is 0.435. The fraction of sp³-hybridized carbons (Fsp3) is 0.206. The smallest absolute Gasteiger partial charge is 0.407 e. The molecule has 0 aliphatic rings. The van der Waals surface area contributed by atoms with Crippen molar-refractivity contribution in [1.82, 2.24) is 5.32 Å². The maximum absolute atomic E-state index is 14.2. The van der Waals surface area contributed by atoms with Gasteiger partial charge in [0.25, 0.3) is 0 Å². The van der Waals surface area contributed by atoms with Crippen LogP contribution in [0.25, 0.3) is 0 Å². The number of nitrogens with one attached hydrogen (secondary N) is 1. The maximum atomic E-state index is 14.2. The molecule has 0 saturated heterocycles. The molecule has 2 atom stereocenters. The number of halogens is 1. The first-order chi connectivity index (χ1) is 21.2. The monoisotopic (exact) mass is 633 g/mol. The molecule has 228 valence electrons. The highest BCUT2D eigenvalue weighted by atomic mass is 35.5. The first-order valence-electron chi connectivity index (χ1n) is 13.6. The van der Waals surface area contributed by atoms with E-state index in [4.69, 9.17) is 30.5 Å². The minimum atomic E-state index is -1.91. The van der Waals surface area contributed by atoms with Crippen molar-refractivity contribution in [3.63, 3.8) is 0 Å². The van der Waals surface area contributed by atoms with E-state index >= 15 is 0 Å². The van der Waals surface area contributed by atoms with Crippen molar-refractivity contribution in [2.24, 2.45) is 5.41 Å². The molecule has 0 radical (unpaired) electrons. The maximum Gasteiger partial charge on any atom is 0.407 e. The number of carbonyl (C=O) groups excluding carboxylic acids is 3. The minimum absolute atomic E-state index is 0.00676. The van der Waals surface area contributed by atoms with E-state index in [9.17, 15) is 14.4 Å². The Morgan fingerprint density at radius 2 is 1.30 bits per heavy atom. The van der Waals surface area contributed by atoms with Crippen LogP contribution in [0.2, 0.25) is 5.02 Å². The van der Waals surface area contributed by atoms with E-state index in [1.54, 1.807) is 87.0 Å². The van der Waals surface area contributed by atoms with Crippen molar-refractivity contribution < 1.29 is 33.3 Å². The number of esters is 1. The predicted molar refractivity (Wildman–Crippen MR) is 169 cm³/mol. The number of hydrogen-bond acceptors (Lipinski definition) is 8. The Morgan fingerprint density at radius 3 is 1.89 bits per heavy atom. The van der Waals surface area contributed by atoms with Crippen molar-refractivity contribution in [3.05, 3.63) is 125 Å². The van der Waals surface area contributed by atoms with Crippen molar-refractivity contribution in [1.29, 1.82) is 0 Å². The van der Waals surface area contributed by atoms with Crippen LogP contribution in [0.5, 0.6) is 11.5 Å². The summed E-state index contributed by atoms with van der Waals surface area (Å²) in [7, 11) is 3.10. The standard InChI is InChI=1S/C34H32ClNO7S/c1-34(32(38)44-29-19-17-28(41-3)18-20-29,31(37)42-21-24-9-15-27(40-2)16-10-24)30(25-11-13-26(35)14-12-25)36-33(39)43-22-23-7-5-4-6-8-23/h4-20,30H,21-22H2,1-3H3,(H,36,39)/t30-,34-/m0/s1. The second-order valence-corrected chi connectivity index (χ2v) is 11.4. The first-order valence-corrected chi connectivity index (χ1v) is 14.8. The van der Waals surface area contributed by atoms with Gasteiger partial charge in [0, 0.05) is 9.92 Å². The Balaban J connectivity index is 1.67. The quantitative estimate of drug-likeness (QED) is 0.0979. The van der Waals surface area contributed by atoms with Gasteiger partial charge >= 0.3 is 12.1 Å². The van der Waals surface area contributed by atoms with E-state index in [0.717, 1.165) is 17.3 Å². The molecule has 1 N–H and O–H groups in total. The molecule has 10 heteroatoms. The Kier molecular flexibility index (Phi) is 11.3. The Morgan fingerprint density at radius 1 is 0.750 bits per heavy atom. The molecule has 0 unspecified atom stereocenters. The van der Waals surface area contributed by atoms with Crippen molar-refractivity contribution in [2.45, 2.75) is 31.1 Å². The van der Waals surface area contributed by atoms with E-state index in [1.165, 1.54) is 6.92 Å². The van der Waals surface area contributed by atoms with E-state index in [1.807, 2.05) is 30.3 Å². The molecule has 0 heterocycles. The summed E-state index contributed by atoms with van der Waals surface area (Å²) in [5, 5.41) is 2.66. The highest BCUT2D eigenvalue weighted by Gasteiger charge is 2.51. The average molecular weight is 634 g/mol. The highest BCUT2D eigenvalue weighted by Crippen LogP contribution is 2.42. The number of amides is 1. The van der Waals surface area contributed by atoms with Gasteiger partial charge in [-0.15, -0.1) is 0 Å². The number of hydrogen-bond donors (Lipinski definition) is 1. The normalized spacial score (nSPS) is 12.7. The van der Waals surface area contributed by atoms with E-state index < -0.39 is 28.6 Å². The van der Waals surface area contributed by atoms with Gasteiger partial charge < -0.3 is 24.3 Å². The van der Waals surface area contributed by atoms with Crippen LogP contribution in [0.4, 0.5) is 4.79 Å². The number of ether oxygens (including phenoxy) is 4. The summed E-state index contributed by atoms with van der Waals surface area (Å²) < 4.78 is 21.7. The van der Waals surface area contributed by atoms with Gasteiger partial charge in [-0.25, -0.2) is 4.79 Å². The summed E-state index contributed by atoms with van der Waals surface area (Å²) in [6, 6.07) is 28.4. The second-order valence-electron chi connectivity index (χ2n) is 9.88. The van der Waals surface area contributed by atoms with Gasteiger partial charge in [-0.05, 0) is 72.1 Å². The summed E-state index contributed by atoms with van der Waals surface area (Å²) in [6.45, 7) is 1.34. The molecule has 8 nitrogen and oxygen atoms in total. The Bertz CT molecular complexity index is 1550. The molecule has 44 heavy (non-hydrogen) atoms. The van der Waals surface area contributed by atoms with Crippen molar-refractivity contribution in [3.8, 4) is 11.5 Å². The molecule has 4 aromatic carbocycles. The molecule has 4 rings (SSSR count). The largest absolute Gasteiger partial charge is 0.497 e. The number of alkyl carbamates (subject to hydrolysis) is 1. The zero-order valence-corrected chi connectivity index (χ0v) is 26.0. The second kappa shape index (κ2) is 15.3. The summed E-state index contributed by atoms with van der Waals surface area (Å²) >= 11 is 7.01. The van der Waals surface area contributed by atoms with Gasteiger partial charge in [0.2, 0.25) is 5.12 Å². The van der Waals surface area contributed by atoms with E-state index in [2.05, 4.69) is 5.32 Å². The van der Waals surface area contributed by atoms with Gasteiger partial charge in [0.15, 0.2) is 5.41 Å². The van der Waals surface area contributed by atoms with Gasteiger partial charge in [-0.3, -0.25) is 9.59 Å². The molecular formula is C34H32ClNO7S. The number of methoxy groups -OCH3 is 2. The van der Waals surface area contributed by atoms with Crippen LogP contribution < -0.4 is 14.8 Å². The number of rotatable bonds is 12. The predicted octanol–water partition coefficient (Wildman–Crippen LogP) is 7.39. The molecule has 0 spiro atoms. The minimum Gasteiger partial charge on any atom is -0.497 e. The summed E-state index contributed by atoms with van der Waals surface area (Å²) in [5.41, 5.74) is 0.0172. The van der Waals surface area contributed by atoms with Gasteiger partial charge in [0.05, 0.1) is 20.3 Å². The van der Waals surface area contributed by atoms with Crippen LogP contribution in [-0.2, 0) is 32.3 Å². The van der Waals surface area contributed by atoms with E-state index in [-0.39, 0.29) is 13.2 Å². The van der Waals surface area contributed by atoms with Crippen LogP contribution in [0.15, 0.2) is 108 Å². The lowest BCUT2D eigenvalue weighted by Gasteiger charge is -2.34. The lowest BCUT2D eigenvalue weighted by molar-refractivity contribution is -0.160. The number of thioether (sulfide) groups is 1. The lowest BCUT2D eigenvalue weighted by Crippen LogP contribution is -2.49. The SMILES string of the molecule is COc1ccc(COC(=O)[C@@](C)(C(=O)Sc2ccc(OC)cc2)[C@@H](NC(=O)OCc2ccccc2)c2ccc(Cl)cc2)cc1. The van der Waals surface area contributed by atoms with Crippen LogP contribution in [0.1, 0.15) is 29.7 Å². The van der Waals surface area contributed by atoms with Crippen molar-refractivity contribution in [2.75, 3.05) is 14.2 Å². The fourth-order valence-electron chi connectivity index (χ4n) is 4.30. The molecule has 1 amide bonds. The Labute approximate surface area is 265 Å². The van der Waals surface area contributed by atoms with Crippen molar-refractivity contribution >= 4 is 40.5 Å². The molecule has 0 aromatic heterocycles. The molecular weight excluding hydrogens is 602 g/mol. The van der Waals surface area contributed by atoms with Crippen LogP contribution >= 0.6 is 23.4 Å². The van der Waals surface area contributed by atoms with E-state index in [0.29, 0.717) is 32.5 Å². The zero-order chi connectivity index (χ0) is 31.5. The van der Waals surface area contributed by atoms with Gasteiger partial charge in [-0.2, -0.15) is 0 Å². The summed E-state index contributed by atoms with van der Waals surface area (Å²) in [4.78, 5) is 41.9. The van der Waals surface area contributed by atoms with Gasteiger partial charge in [-0.1, -0.05) is 78.0 Å². The third-order valence-electron chi connectivity index (χ3n) is 6.90. The number of carbonyl (C=O) groups is 3. The Hall–Kier alpha value is -4.47. The molecule has 0 saturated carbocycles. The third-order valence-corrected chi connectivity index (χ3v) is 8.27. The molecule has 0 bridgehead atoms. The molecule has 0 aliphatic heterocycles. The first kappa shape index (κ1) is 32.4. The highest BCUT2D eigenvalue weighted by molar-refractivity contribution is 8.13. The number of benzene rings is 4. The van der Waals surface area contributed by atoms with Crippen LogP contribution in [-0.4, -0.2) is 31.4 Å².